The van der Waals surface area contributed by atoms with Crippen molar-refractivity contribution in [2.75, 3.05) is 13.7 Å². The van der Waals surface area contributed by atoms with Crippen LogP contribution in [0.4, 0.5) is 4.79 Å². The van der Waals surface area contributed by atoms with Gasteiger partial charge in [-0.1, -0.05) is 43.2 Å². The van der Waals surface area contributed by atoms with E-state index in [1.165, 1.54) is 7.11 Å². The van der Waals surface area contributed by atoms with Crippen molar-refractivity contribution in [2.24, 2.45) is 11.8 Å². The molecule has 1 aromatic carbocycles. The van der Waals surface area contributed by atoms with Crippen molar-refractivity contribution in [3.05, 3.63) is 35.9 Å². The number of benzene rings is 1. The molecule has 3 rings (SSSR count). The molecule has 0 aromatic heterocycles. The summed E-state index contributed by atoms with van der Waals surface area (Å²) in [6.45, 7) is 0.703. The average molecular weight is 446 g/mol. The summed E-state index contributed by atoms with van der Waals surface area (Å²) < 4.78 is 10.1. The highest BCUT2D eigenvalue weighted by atomic mass is 16.5. The topological polar surface area (TPSA) is 123 Å². The van der Waals surface area contributed by atoms with Gasteiger partial charge in [0.15, 0.2) is 0 Å². The Morgan fingerprint density at radius 1 is 1.06 bits per heavy atom. The Bertz CT molecular complexity index is 811. The van der Waals surface area contributed by atoms with E-state index in [9.17, 15) is 19.2 Å². The zero-order valence-electron chi connectivity index (χ0n) is 18.3. The molecule has 1 heterocycles. The lowest BCUT2D eigenvalue weighted by Crippen LogP contribution is -2.53. The molecule has 3 atom stereocenters. The Morgan fingerprint density at radius 2 is 1.81 bits per heavy atom. The molecule has 1 aliphatic carbocycles. The molecular formula is C23H31N3O6. The molecule has 2 aliphatic rings. The van der Waals surface area contributed by atoms with Gasteiger partial charge in [0.05, 0.1) is 7.11 Å². The lowest BCUT2D eigenvalue weighted by molar-refractivity contribution is -0.146. The van der Waals surface area contributed by atoms with Crippen molar-refractivity contribution < 1.29 is 28.7 Å². The van der Waals surface area contributed by atoms with Crippen LogP contribution < -0.4 is 16.0 Å². The lowest BCUT2D eigenvalue weighted by atomic mass is 9.91. The predicted molar refractivity (Wildman–Crippen MR) is 115 cm³/mol. The Hall–Kier alpha value is -3.10. The number of alkyl carbamates (subject to hydrolysis) is 1. The number of amides is 3. The van der Waals surface area contributed by atoms with Gasteiger partial charge in [0, 0.05) is 12.5 Å². The van der Waals surface area contributed by atoms with Crippen molar-refractivity contribution in [2.45, 2.75) is 57.2 Å². The van der Waals surface area contributed by atoms with Gasteiger partial charge < -0.3 is 25.4 Å². The number of esters is 1. The van der Waals surface area contributed by atoms with Gasteiger partial charge in [-0.15, -0.1) is 0 Å². The summed E-state index contributed by atoms with van der Waals surface area (Å²) in [6.07, 6.45) is 3.36. The Morgan fingerprint density at radius 3 is 2.47 bits per heavy atom. The summed E-state index contributed by atoms with van der Waals surface area (Å²) in [4.78, 5) is 49.7. The van der Waals surface area contributed by atoms with Crippen LogP contribution in [-0.2, 0) is 30.5 Å². The highest BCUT2D eigenvalue weighted by Crippen LogP contribution is 2.33. The number of carbonyl (C=O) groups is 4. The fourth-order valence-electron chi connectivity index (χ4n) is 3.80. The minimum Gasteiger partial charge on any atom is -0.467 e. The fourth-order valence-corrected chi connectivity index (χ4v) is 3.80. The Kier molecular flexibility index (Phi) is 8.47. The SMILES string of the molecule is COC(=O)C(CC1CCCNC1=O)NC(=O)C(CC1CC1)NC(=O)OCc1ccccc1. The lowest BCUT2D eigenvalue weighted by Gasteiger charge is -2.27. The number of methoxy groups -OCH3 is 1. The van der Waals surface area contributed by atoms with Crippen LogP contribution in [0.5, 0.6) is 0 Å². The first-order valence-corrected chi connectivity index (χ1v) is 11.1. The van der Waals surface area contributed by atoms with Gasteiger partial charge in [-0.2, -0.15) is 0 Å². The minimum absolute atomic E-state index is 0.0893. The Labute approximate surface area is 187 Å². The van der Waals surface area contributed by atoms with Crippen molar-refractivity contribution in [1.82, 2.24) is 16.0 Å². The third-order valence-electron chi connectivity index (χ3n) is 5.81. The summed E-state index contributed by atoms with van der Waals surface area (Å²) in [6, 6.07) is 7.43. The monoisotopic (exact) mass is 445 g/mol. The summed E-state index contributed by atoms with van der Waals surface area (Å²) in [5.41, 5.74) is 0.836. The number of ether oxygens (including phenoxy) is 2. The number of rotatable bonds is 10. The van der Waals surface area contributed by atoms with Gasteiger partial charge in [-0.3, -0.25) is 9.59 Å². The van der Waals surface area contributed by atoms with E-state index in [2.05, 4.69) is 16.0 Å². The fraction of sp³-hybridized carbons (Fsp3) is 0.565. The first-order valence-electron chi connectivity index (χ1n) is 11.1. The minimum atomic E-state index is -0.967. The predicted octanol–water partition coefficient (Wildman–Crippen LogP) is 1.66. The largest absolute Gasteiger partial charge is 0.467 e. The molecule has 2 fully saturated rings. The molecule has 0 spiro atoms. The zero-order valence-corrected chi connectivity index (χ0v) is 18.3. The van der Waals surface area contributed by atoms with Crippen LogP contribution >= 0.6 is 0 Å². The molecule has 1 saturated carbocycles. The number of nitrogens with one attached hydrogen (secondary N) is 3. The normalized spacial score (nSPS) is 19.8. The summed E-state index contributed by atoms with van der Waals surface area (Å²) in [5.74, 6) is -1.26. The quantitative estimate of drug-likeness (QED) is 0.471. The van der Waals surface area contributed by atoms with E-state index in [1.54, 1.807) is 0 Å². The average Bonchev–Trinajstić information content (AvgIpc) is 3.62. The van der Waals surface area contributed by atoms with Gasteiger partial charge in [-0.05, 0) is 37.2 Å². The number of carbonyl (C=O) groups excluding carboxylic acids is 4. The van der Waals surface area contributed by atoms with Crippen LogP contribution in [-0.4, -0.2) is 49.6 Å². The van der Waals surface area contributed by atoms with Crippen LogP contribution in [0.15, 0.2) is 30.3 Å². The van der Waals surface area contributed by atoms with Crippen LogP contribution in [0.1, 0.15) is 44.1 Å². The molecule has 3 N–H and O–H groups in total. The third kappa shape index (κ3) is 7.25. The maximum absolute atomic E-state index is 13.0. The van der Waals surface area contributed by atoms with E-state index in [0.29, 0.717) is 25.3 Å². The van der Waals surface area contributed by atoms with Gasteiger partial charge in [0.2, 0.25) is 11.8 Å². The van der Waals surface area contributed by atoms with Gasteiger partial charge >= 0.3 is 12.1 Å². The third-order valence-corrected chi connectivity index (χ3v) is 5.81. The summed E-state index contributed by atoms with van der Waals surface area (Å²) in [7, 11) is 1.24. The first-order chi connectivity index (χ1) is 15.5. The molecule has 3 amide bonds. The van der Waals surface area contributed by atoms with Crippen molar-refractivity contribution >= 4 is 23.9 Å². The van der Waals surface area contributed by atoms with E-state index in [0.717, 1.165) is 24.8 Å². The molecule has 32 heavy (non-hydrogen) atoms. The molecule has 174 valence electrons. The van der Waals surface area contributed by atoms with Crippen molar-refractivity contribution in [3.8, 4) is 0 Å². The maximum atomic E-state index is 13.0. The first kappa shape index (κ1) is 23.6. The van der Waals surface area contributed by atoms with Crippen LogP contribution in [0.25, 0.3) is 0 Å². The van der Waals surface area contributed by atoms with E-state index >= 15 is 0 Å². The standard InChI is InChI=1S/C23H31N3O6/c1-31-22(29)19(13-17-8-5-11-24-20(17)27)25-21(28)18(12-15-9-10-15)26-23(30)32-14-16-6-3-2-4-7-16/h2-4,6-7,15,17-19H,5,8-14H2,1H3,(H,24,27)(H,25,28)(H,26,30). The Balaban J connectivity index is 1.58. The van der Waals surface area contributed by atoms with Crippen molar-refractivity contribution in [1.29, 1.82) is 0 Å². The molecule has 0 radical (unpaired) electrons. The second-order valence-electron chi connectivity index (χ2n) is 8.39. The van der Waals surface area contributed by atoms with Gasteiger partial charge in [-0.25, -0.2) is 9.59 Å². The molecule has 1 aromatic rings. The van der Waals surface area contributed by atoms with E-state index < -0.39 is 30.1 Å². The molecule has 9 nitrogen and oxygen atoms in total. The second kappa shape index (κ2) is 11.5. The highest BCUT2D eigenvalue weighted by molar-refractivity contribution is 5.90. The zero-order chi connectivity index (χ0) is 22.9. The van der Waals surface area contributed by atoms with E-state index in [4.69, 9.17) is 9.47 Å². The van der Waals surface area contributed by atoms with Gasteiger partial charge in [0.1, 0.15) is 18.7 Å². The van der Waals surface area contributed by atoms with E-state index in [1.807, 2.05) is 30.3 Å². The van der Waals surface area contributed by atoms with Crippen LogP contribution in [0, 0.1) is 11.8 Å². The smallest absolute Gasteiger partial charge is 0.408 e. The number of hydrogen-bond donors (Lipinski definition) is 3. The number of piperidine rings is 1. The van der Waals surface area contributed by atoms with E-state index in [-0.39, 0.29) is 24.9 Å². The van der Waals surface area contributed by atoms with Crippen LogP contribution in [0.3, 0.4) is 0 Å². The molecule has 3 unspecified atom stereocenters. The van der Waals surface area contributed by atoms with Crippen LogP contribution in [0.2, 0.25) is 0 Å². The molecule has 0 bridgehead atoms. The summed E-state index contributed by atoms with van der Waals surface area (Å²) >= 11 is 0. The van der Waals surface area contributed by atoms with Gasteiger partial charge in [0.25, 0.3) is 0 Å². The maximum Gasteiger partial charge on any atom is 0.408 e. The molecule has 1 aliphatic heterocycles. The van der Waals surface area contributed by atoms with Crippen molar-refractivity contribution in [3.63, 3.8) is 0 Å². The molecular weight excluding hydrogens is 414 g/mol. The number of hydrogen-bond acceptors (Lipinski definition) is 6. The second-order valence-corrected chi connectivity index (χ2v) is 8.39. The molecule has 1 saturated heterocycles. The summed E-state index contributed by atoms with van der Waals surface area (Å²) in [5, 5.41) is 8.09. The highest BCUT2D eigenvalue weighted by Gasteiger charge is 2.35. The molecule has 9 heteroatoms.